The first-order chi connectivity index (χ1) is 7.54. The predicted molar refractivity (Wildman–Crippen MR) is 58.0 cm³/mol. The topological polar surface area (TPSA) is 29.5 Å². The largest absolute Gasteiger partial charge is 0.385 e. The SMILES string of the molecule is OC1(c2c(F)ccc(Br)c2F)CCOCC1. The van der Waals surface area contributed by atoms with Crippen molar-refractivity contribution in [1.82, 2.24) is 0 Å². The summed E-state index contributed by atoms with van der Waals surface area (Å²) < 4.78 is 32.6. The van der Waals surface area contributed by atoms with Gasteiger partial charge in [0.1, 0.15) is 11.6 Å². The second-order valence-electron chi connectivity index (χ2n) is 3.86. The van der Waals surface area contributed by atoms with Crippen molar-refractivity contribution in [3.05, 3.63) is 33.8 Å². The maximum atomic E-state index is 13.8. The monoisotopic (exact) mass is 292 g/mol. The van der Waals surface area contributed by atoms with Crippen molar-refractivity contribution in [2.45, 2.75) is 18.4 Å². The first-order valence-electron chi connectivity index (χ1n) is 4.99. The van der Waals surface area contributed by atoms with Crippen LogP contribution in [0.2, 0.25) is 0 Å². The number of ether oxygens (including phenoxy) is 1. The van der Waals surface area contributed by atoms with Gasteiger partial charge in [-0.1, -0.05) is 0 Å². The van der Waals surface area contributed by atoms with Crippen molar-refractivity contribution in [3.63, 3.8) is 0 Å². The molecule has 0 aromatic heterocycles. The van der Waals surface area contributed by atoms with Gasteiger partial charge in [-0.25, -0.2) is 8.78 Å². The van der Waals surface area contributed by atoms with Gasteiger partial charge in [0.15, 0.2) is 0 Å². The first kappa shape index (κ1) is 12.0. The van der Waals surface area contributed by atoms with Crippen molar-refractivity contribution < 1.29 is 18.6 Å². The van der Waals surface area contributed by atoms with E-state index in [0.29, 0.717) is 13.2 Å². The van der Waals surface area contributed by atoms with Gasteiger partial charge in [0.2, 0.25) is 0 Å². The average Bonchev–Trinajstić information content (AvgIpc) is 2.25. The Morgan fingerprint density at radius 3 is 2.50 bits per heavy atom. The molecule has 1 saturated heterocycles. The fraction of sp³-hybridized carbons (Fsp3) is 0.455. The van der Waals surface area contributed by atoms with E-state index in [9.17, 15) is 13.9 Å². The molecule has 0 amide bonds. The van der Waals surface area contributed by atoms with E-state index in [1.54, 1.807) is 0 Å². The van der Waals surface area contributed by atoms with E-state index in [-0.39, 0.29) is 22.9 Å². The molecule has 0 unspecified atom stereocenters. The van der Waals surface area contributed by atoms with E-state index in [1.165, 1.54) is 6.07 Å². The maximum Gasteiger partial charge on any atom is 0.146 e. The van der Waals surface area contributed by atoms with Crippen molar-refractivity contribution in [2.24, 2.45) is 0 Å². The van der Waals surface area contributed by atoms with Gasteiger partial charge in [-0.05, 0) is 28.1 Å². The van der Waals surface area contributed by atoms with Crippen LogP contribution in [0.25, 0.3) is 0 Å². The van der Waals surface area contributed by atoms with Crippen LogP contribution in [0.3, 0.4) is 0 Å². The molecule has 1 fully saturated rings. The fourth-order valence-corrected chi connectivity index (χ4v) is 2.24. The number of aliphatic hydroxyl groups is 1. The molecule has 5 heteroatoms. The van der Waals surface area contributed by atoms with Crippen LogP contribution in [-0.4, -0.2) is 18.3 Å². The molecule has 1 N–H and O–H groups in total. The van der Waals surface area contributed by atoms with Crippen molar-refractivity contribution in [1.29, 1.82) is 0 Å². The standard InChI is InChI=1S/C11H11BrF2O2/c12-7-1-2-8(13)9(10(7)14)11(15)3-5-16-6-4-11/h1-2,15H,3-6H2. The molecular weight excluding hydrogens is 282 g/mol. The van der Waals surface area contributed by atoms with Crippen LogP contribution in [0.4, 0.5) is 8.78 Å². The molecule has 0 aliphatic carbocycles. The Bertz CT molecular complexity index is 403. The molecule has 0 saturated carbocycles. The van der Waals surface area contributed by atoms with E-state index in [0.717, 1.165) is 6.07 Å². The molecule has 16 heavy (non-hydrogen) atoms. The number of halogens is 3. The molecule has 1 aromatic rings. The summed E-state index contributed by atoms with van der Waals surface area (Å²) in [6.07, 6.45) is 0.411. The predicted octanol–water partition coefficient (Wildman–Crippen LogP) is 2.73. The minimum Gasteiger partial charge on any atom is -0.385 e. The maximum absolute atomic E-state index is 13.8. The summed E-state index contributed by atoms with van der Waals surface area (Å²) in [4.78, 5) is 0. The van der Waals surface area contributed by atoms with E-state index in [2.05, 4.69) is 15.9 Å². The van der Waals surface area contributed by atoms with Gasteiger partial charge in [0.05, 0.1) is 15.6 Å². The summed E-state index contributed by atoms with van der Waals surface area (Å²) in [5.74, 6) is -1.45. The molecule has 2 nitrogen and oxygen atoms in total. The highest BCUT2D eigenvalue weighted by Gasteiger charge is 2.37. The number of benzene rings is 1. The normalized spacial score (nSPS) is 19.8. The van der Waals surface area contributed by atoms with E-state index in [4.69, 9.17) is 4.74 Å². The van der Waals surface area contributed by atoms with Gasteiger partial charge in [0.25, 0.3) is 0 Å². The Kier molecular flexibility index (Phi) is 3.28. The van der Waals surface area contributed by atoms with E-state index < -0.39 is 17.2 Å². The molecular formula is C11H11BrF2O2. The summed E-state index contributed by atoms with van der Waals surface area (Å²) in [7, 11) is 0. The summed E-state index contributed by atoms with van der Waals surface area (Å²) in [6.45, 7) is 0.615. The highest BCUT2D eigenvalue weighted by Crippen LogP contribution is 2.37. The molecule has 0 radical (unpaired) electrons. The molecule has 1 aliphatic rings. The zero-order chi connectivity index (χ0) is 11.8. The highest BCUT2D eigenvalue weighted by molar-refractivity contribution is 9.10. The van der Waals surface area contributed by atoms with Gasteiger partial charge in [-0.3, -0.25) is 0 Å². The van der Waals surface area contributed by atoms with Crippen LogP contribution in [-0.2, 0) is 10.3 Å². The average molecular weight is 293 g/mol. The van der Waals surface area contributed by atoms with Crippen LogP contribution < -0.4 is 0 Å². The molecule has 1 heterocycles. The summed E-state index contributed by atoms with van der Waals surface area (Å²) in [5, 5.41) is 10.2. The Morgan fingerprint density at radius 1 is 1.25 bits per heavy atom. The first-order valence-corrected chi connectivity index (χ1v) is 5.78. The van der Waals surface area contributed by atoms with Gasteiger partial charge >= 0.3 is 0 Å². The minimum atomic E-state index is -1.46. The van der Waals surface area contributed by atoms with Gasteiger partial charge in [0, 0.05) is 26.1 Å². The van der Waals surface area contributed by atoms with E-state index in [1.807, 2.05) is 0 Å². The third-order valence-corrected chi connectivity index (χ3v) is 3.44. The van der Waals surface area contributed by atoms with Crippen LogP contribution in [0.1, 0.15) is 18.4 Å². The number of rotatable bonds is 1. The quantitative estimate of drug-likeness (QED) is 0.807. The smallest absolute Gasteiger partial charge is 0.146 e. The van der Waals surface area contributed by atoms with Crippen LogP contribution in [0, 0.1) is 11.6 Å². The summed E-state index contributed by atoms with van der Waals surface area (Å²) in [6, 6.07) is 2.44. The molecule has 0 bridgehead atoms. The van der Waals surface area contributed by atoms with Crippen molar-refractivity contribution in [2.75, 3.05) is 13.2 Å². The van der Waals surface area contributed by atoms with E-state index >= 15 is 0 Å². The lowest BCUT2D eigenvalue weighted by Crippen LogP contribution is -2.35. The molecule has 0 atom stereocenters. The fourth-order valence-electron chi connectivity index (χ4n) is 1.91. The lowest BCUT2D eigenvalue weighted by Gasteiger charge is -2.33. The minimum absolute atomic E-state index is 0.156. The molecule has 1 aliphatic heterocycles. The summed E-state index contributed by atoms with van der Waals surface area (Å²) >= 11 is 2.99. The lowest BCUT2D eigenvalue weighted by atomic mass is 9.86. The van der Waals surface area contributed by atoms with Gasteiger partial charge < -0.3 is 9.84 Å². The zero-order valence-electron chi connectivity index (χ0n) is 8.47. The molecule has 88 valence electrons. The molecule has 1 aromatic carbocycles. The van der Waals surface area contributed by atoms with Gasteiger partial charge in [-0.15, -0.1) is 0 Å². The lowest BCUT2D eigenvalue weighted by molar-refractivity contribution is -0.0718. The Labute approximate surface area is 100 Å². The Hall–Kier alpha value is -0.520. The molecule has 2 rings (SSSR count). The molecule has 0 spiro atoms. The van der Waals surface area contributed by atoms with Crippen LogP contribution >= 0.6 is 15.9 Å². The second-order valence-corrected chi connectivity index (χ2v) is 4.72. The second kappa shape index (κ2) is 4.39. The van der Waals surface area contributed by atoms with Crippen LogP contribution in [0.5, 0.6) is 0 Å². The third kappa shape index (κ3) is 1.99. The van der Waals surface area contributed by atoms with Crippen molar-refractivity contribution in [3.8, 4) is 0 Å². The highest BCUT2D eigenvalue weighted by atomic mass is 79.9. The Morgan fingerprint density at radius 2 is 1.88 bits per heavy atom. The van der Waals surface area contributed by atoms with Gasteiger partial charge in [-0.2, -0.15) is 0 Å². The number of hydrogen-bond acceptors (Lipinski definition) is 2. The van der Waals surface area contributed by atoms with Crippen LogP contribution in [0.15, 0.2) is 16.6 Å². The third-order valence-electron chi connectivity index (χ3n) is 2.83. The number of hydrogen-bond donors (Lipinski definition) is 1. The van der Waals surface area contributed by atoms with Crippen molar-refractivity contribution >= 4 is 15.9 Å². The Balaban J connectivity index is 2.49. The summed E-state index contributed by atoms with van der Waals surface area (Å²) in [5.41, 5.74) is -1.72. The zero-order valence-corrected chi connectivity index (χ0v) is 10.1.